The van der Waals surface area contributed by atoms with Crippen LogP contribution < -0.4 is 14.8 Å². The van der Waals surface area contributed by atoms with E-state index < -0.39 is 24.6 Å². The van der Waals surface area contributed by atoms with Gasteiger partial charge in [0.15, 0.2) is 12.7 Å². The van der Waals surface area contributed by atoms with Crippen molar-refractivity contribution in [2.45, 2.75) is 19.4 Å². The van der Waals surface area contributed by atoms with Gasteiger partial charge in [0.05, 0.1) is 12.8 Å². The van der Waals surface area contributed by atoms with Crippen molar-refractivity contribution in [2.75, 3.05) is 19.0 Å². The van der Waals surface area contributed by atoms with Crippen LogP contribution in [-0.2, 0) is 14.3 Å². The number of anilines is 1. The van der Waals surface area contributed by atoms with Gasteiger partial charge in [-0.15, -0.1) is 0 Å². The first-order valence-corrected chi connectivity index (χ1v) is 7.95. The zero-order chi connectivity index (χ0) is 18.1. The van der Waals surface area contributed by atoms with Gasteiger partial charge in [0.1, 0.15) is 11.5 Å². The number of para-hydroxylation sites is 3. The minimum atomic E-state index is -0.763. The molecule has 0 aliphatic heterocycles. The molecule has 0 aliphatic carbocycles. The first-order chi connectivity index (χ1) is 12.1. The highest BCUT2D eigenvalue weighted by atomic mass is 16.6. The summed E-state index contributed by atoms with van der Waals surface area (Å²) in [4.78, 5) is 24.1. The fourth-order valence-electron chi connectivity index (χ4n) is 2.13. The maximum Gasteiger partial charge on any atom is 0.347 e. The van der Waals surface area contributed by atoms with Crippen molar-refractivity contribution in [2.24, 2.45) is 0 Å². The summed E-state index contributed by atoms with van der Waals surface area (Å²) in [6, 6.07) is 16.0. The largest absolute Gasteiger partial charge is 0.495 e. The highest BCUT2D eigenvalue weighted by Crippen LogP contribution is 2.22. The molecule has 1 atom stereocenters. The molecule has 2 aromatic carbocycles. The molecule has 0 unspecified atom stereocenters. The van der Waals surface area contributed by atoms with E-state index in [1.54, 1.807) is 36.4 Å². The number of hydrogen-bond donors (Lipinski definition) is 1. The van der Waals surface area contributed by atoms with Gasteiger partial charge < -0.3 is 19.5 Å². The van der Waals surface area contributed by atoms with Gasteiger partial charge in [0.2, 0.25) is 0 Å². The van der Waals surface area contributed by atoms with Crippen LogP contribution in [0.15, 0.2) is 54.6 Å². The van der Waals surface area contributed by atoms with Crippen molar-refractivity contribution in [1.29, 1.82) is 0 Å². The molecule has 0 fully saturated rings. The average Bonchev–Trinajstić information content (AvgIpc) is 2.65. The Balaban J connectivity index is 1.86. The van der Waals surface area contributed by atoms with Crippen LogP contribution in [0.5, 0.6) is 11.5 Å². The number of methoxy groups -OCH3 is 1. The van der Waals surface area contributed by atoms with Gasteiger partial charge in [-0.25, -0.2) is 4.79 Å². The molecule has 25 heavy (non-hydrogen) atoms. The van der Waals surface area contributed by atoms with E-state index in [2.05, 4.69) is 5.32 Å². The van der Waals surface area contributed by atoms with Gasteiger partial charge in [0, 0.05) is 0 Å². The first kappa shape index (κ1) is 18.3. The van der Waals surface area contributed by atoms with Crippen LogP contribution in [0.1, 0.15) is 13.3 Å². The van der Waals surface area contributed by atoms with Gasteiger partial charge in [-0.2, -0.15) is 0 Å². The van der Waals surface area contributed by atoms with Gasteiger partial charge in [0.25, 0.3) is 5.91 Å². The molecular formula is C19H21NO5. The maximum atomic E-state index is 12.1. The molecule has 132 valence electrons. The van der Waals surface area contributed by atoms with Crippen molar-refractivity contribution >= 4 is 17.6 Å². The van der Waals surface area contributed by atoms with Crippen LogP contribution in [0.3, 0.4) is 0 Å². The fraction of sp³-hybridized carbons (Fsp3) is 0.263. The maximum absolute atomic E-state index is 12.1. The predicted molar refractivity (Wildman–Crippen MR) is 93.7 cm³/mol. The second-order valence-electron chi connectivity index (χ2n) is 5.18. The number of ether oxygens (including phenoxy) is 3. The standard InChI is InChI=1S/C19H21NO5/c1-3-16(25-14-9-5-4-6-10-14)19(22)24-13-18(21)20-15-11-7-8-12-17(15)23-2/h4-12,16H,3,13H2,1-2H3,(H,20,21)/t16-/m1/s1. The number of rotatable bonds is 8. The second-order valence-corrected chi connectivity index (χ2v) is 5.18. The summed E-state index contributed by atoms with van der Waals surface area (Å²) < 4.78 is 15.8. The predicted octanol–water partition coefficient (Wildman–Crippen LogP) is 3.03. The number of esters is 1. The molecule has 0 spiro atoms. The Labute approximate surface area is 146 Å². The van der Waals surface area contributed by atoms with Crippen molar-refractivity contribution in [3.63, 3.8) is 0 Å². The van der Waals surface area contributed by atoms with Gasteiger partial charge >= 0.3 is 5.97 Å². The minimum absolute atomic E-state index is 0.397. The lowest BCUT2D eigenvalue weighted by atomic mass is 10.2. The molecule has 0 aromatic heterocycles. The number of carbonyl (C=O) groups excluding carboxylic acids is 2. The summed E-state index contributed by atoms with van der Waals surface area (Å²) in [5, 5.41) is 2.64. The van der Waals surface area contributed by atoms with E-state index in [4.69, 9.17) is 14.2 Å². The summed E-state index contributed by atoms with van der Waals surface area (Å²) in [7, 11) is 1.51. The SMILES string of the molecule is CC[C@@H](Oc1ccccc1)C(=O)OCC(=O)Nc1ccccc1OC. The molecule has 1 amide bonds. The second kappa shape index (κ2) is 9.32. The Morgan fingerprint density at radius 1 is 1.04 bits per heavy atom. The van der Waals surface area contributed by atoms with Gasteiger partial charge in [-0.1, -0.05) is 37.3 Å². The summed E-state index contributed by atoms with van der Waals surface area (Å²) in [6.45, 7) is 1.41. The van der Waals surface area contributed by atoms with Crippen LogP contribution in [0.25, 0.3) is 0 Å². The summed E-state index contributed by atoms with van der Waals surface area (Å²) >= 11 is 0. The molecule has 0 radical (unpaired) electrons. The van der Waals surface area contributed by atoms with E-state index in [1.165, 1.54) is 7.11 Å². The molecule has 0 saturated heterocycles. The third kappa shape index (κ3) is 5.53. The lowest BCUT2D eigenvalue weighted by Gasteiger charge is -2.16. The van der Waals surface area contributed by atoms with Crippen molar-refractivity contribution in [3.8, 4) is 11.5 Å². The van der Waals surface area contributed by atoms with Crippen LogP contribution in [-0.4, -0.2) is 31.7 Å². The number of nitrogens with one attached hydrogen (secondary N) is 1. The highest BCUT2D eigenvalue weighted by molar-refractivity contribution is 5.94. The Kier molecular flexibility index (Phi) is 6.83. The van der Waals surface area contributed by atoms with Crippen molar-refractivity contribution in [3.05, 3.63) is 54.6 Å². The van der Waals surface area contributed by atoms with Crippen LogP contribution in [0, 0.1) is 0 Å². The molecule has 0 saturated carbocycles. The van der Waals surface area contributed by atoms with Crippen molar-refractivity contribution < 1.29 is 23.8 Å². The van der Waals surface area contributed by atoms with E-state index in [-0.39, 0.29) is 0 Å². The van der Waals surface area contributed by atoms with E-state index in [1.807, 2.05) is 25.1 Å². The third-order valence-corrected chi connectivity index (χ3v) is 3.38. The number of hydrogen-bond acceptors (Lipinski definition) is 5. The molecule has 1 N–H and O–H groups in total. The van der Waals surface area contributed by atoms with Crippen LogP contribution in [0.2, 0.25) is 0 Å². The molecule has 0 aliphatic rings. The Bertz CT molecular complexity index is 702. The quantitative estimate of drug-likeness (QED) is 0.746. The third-order valence-electron chi connectivity index (χ3n) is 3.38. The lowest BCUT2D eigenvalue weighted by Crippen LogP contribution is -2.31. The summed E-state index contributed by atoms with van der Waals surface area (Å²) in [5.41, 5.74) is 0.513. The number of carbonyl (C=O) groups is 2. The fourth-order valence-corrected chi connectivity index (χ4v) is 2.13. The smallest absolute Gasteiger partial charge is 0.347 e. The van der Waals surface area contributed by atoms with Crippen LogP contribution >= 0.6 is 0 Å². The number of amides is 1. The highest BCUT2D eigenvalue weighted by Gasteiger charge is 2.21. The molecule has 6 heteroatoms. The number of benzene rings is 2. The van der Waals surface area contributed by atoms with Gasteiger partial charge in [-0.05, 0) is 30.7 Å². The monoisotopic (exact) mass is 343 g/mol. The average molecular weight is 343 g/mol. The Hall–Kier alpha value is -3.02. The van der Waals surface area contributed by atoms with Crippen molar-refractivity contribution in [1.82, 2.24) is 0 Å². The topological polar surface area (TPSA) is 73.9 Å². The van der Waals surface area contributed by atoms with E-state index in [9.17, 15) is 9.59 Å². The van der Waals surface area contributed by atoms with Gasteiger partial charge in [-0.3, -0.25) is 4.79 Å². The first-order valence-electron chi connectivity index (χ1n) is 7.95. The van der Waals surface area contributed by atoms with E-state index >= 15 is 0 Å². The molecule has 2 aromatic rings. The summed E-state index contributed by atoms with van der Waals surface area (Å²) in [6.07, 6.45) is -0.330. The molecule has 6 nitrogen and oxygen atoms in total. The molecule has 0 heterocycles. The Morgan fingerprint density at radius 2 is 1.72 bits per heavy atom. The molecule has 0 bridgehead atoms. The lowest BCUT2D eigenvalue weighted by molar-refractivity contribution is -0.154. The zero-order valence-electron chi connectivity index (χ0n) is 14.2. The zero-order valence-corrected chi connectivity index (χ0v) is 14.2. The van der Waals surface area contributed by atoms with Crippen LogP contribution in [0.4, 0.5) is 5.69 Å². The molecule has 2 rings (SSSR count). The van der Waals surface area contributed by atoms with E-state index in [0.29, 0.717) is 23.6 Å². The van der Waals surface area contributed by atoms with E-state index in [0.717, 1.165) is 0 Å². The normalized spacial score (nSPS) is 11.3. The minimum Gasteiger partial charge on any atom is -0.495 e. The molecular weight excluding hydrogens is 322 g/mol. The summed E-state index contributed by atoms with van der Waals surface area (Å²) in [5.74, 6) is 0.0692. The Morgan fingerprint density at radius 3 is 2.40 bits per heavy atom.